The van der Waals surface area contributed by atoms with Gasteiger partial charge in [-0.25, -0.2) is 4.98 Å². The Hall–Kier alpha value is -0.490. The van der Waals surface area contributed by atoms with Crippen LogP contribution in [0.1, 0.15) is 42.9 Å². The van der Waals surface area contributed by atoms with Crippen molar-refractivity contribution in [1.29, 1.82) is 0 Å². The summed E-state index contributed by atoms with van der Waals surface area (Å²) in [7, 11) is 0. The van der Waals surface area contributed by atoms with Gasteiger partial charge in [-0.2, -0.15) is 0 Å². The predicted molar refractivity (Wildman–Crippen MR) is 79.5 cm³/mol. The molecule has 0 saturated carbocycles. The van der Waals surface area contributed by atoms with E-state index < -0.39 is 0 Å². The largest absolute Gasteiger partial charge is 0.378 e. The Kier molecular flexibility index (Phi) is 5.76. The summed E-state index contributed by atoms with van der Waals surface area (Å²) in [6.45, 7) is 8.06. The number of nitrogens with two attached hydrogens (primary N) is 1. The van der Waals surface area contributed by atoms with E-state index >= 15 is 0 Å². The fourth-order valence-electron chi connectivity index (χ4n) is 2.52. The molecule has 2 rings (SSSR count). The second kappa shape index (κ2) is 7.33. The van der Waals surface area contributed by atoms with Crippen LogP contribution in [0.4, 0.5) is 0 Å². The standard InChI is InChI=1S/C14H25N3OS/c1-11(14-10-19-12(2)16-14)17-7-4-13(5-8-17)18-9-3-6-15/h10-11,13H,3-9,15H2,1-2H3. The van der Waals surface area contributed by atoms with E-state index in [0.717, 1.165) is 50.5 Å². The Morgan fingerprint density at radius 2 is 2.26 bits per heavy atom. The summed E-state index contributed by atoms with van der Waals surface area (Å²) in [4.78, 5) is 7.11. The Morgan fingerprint density at radius 3 is 2.84 bits per heavy atom. The lowest BCUT2D eigenvalue weighted by Crippen LogP contribution is -2.38. The molecule has 5 heteroatoms. The third-order valence-electron chi connectivity index (χ3n) is 3.79. The summed E-state index contributed by atoms with van der Waals surface area (Å²) in [6, 6.07) is 0.426. The number of aryl methyl sites for hydroxylation is 1. The summed E-state index contributed by atoms with van der Waals surface area (Å²) in [5.74, 6) is 0. The molecular formula is C14H25N3OS. The van der Waals surface area contributed by atoms with E-state index in [1.165, 1.54) is 5.69 Å². The normalized spacial score (nSPS) is 19.7. The summed E-state index contributed by atoms with van der Waals surface area (Å²) in [6.07, 6.45) is 3.64. The van der Waals surface area contributed by atoms with Gasteiger partial charge in [0.05, 0.1) is 22.8 Å². The lowest BCUT2D eigenvalue weighted by Gasteiger charge is -2.35. The number of rotatable bonds is 6. The number of thiazole rings is 1. The molecule has 1 aliphatic rings. The second-order valence-corrected chi connectivity index (χ2v) is 6.28. The van der Waals surface area contributed by atoms with Crippen molar-refractivity contribution in [3.63, 3.8) is 0 Å². The van der Waals surface area contributed by atoms with Crippen LogP contribution in [0.5, 0.6) is 0 Å². The van der Waals surface area contributed by atoms with E-state index in [1.54, 1.807) is 11.3 Å². The van der Waals surface area contributed by atoms with Crippen molar-refractivity contribution in [2.45, 2.75) is 45.3 Å². The first-order valence-corrected chi connectivity index (χ1v) is 8.06. The highest BCUT2D eigenvalue weighted by molar-refractivity contribution is 7.09. The molecule has 1 aromatic heterocycles. The van der Waals surface area contributed by atoms with Crippen LogP contribution in [0.15, 0.2) is 5.38 Å². The Morgan fingerprint density at radius 1 is 1.53 bits per heavy atom. The third kappa shape index (κ3) is 4.24. The Bertz CT molecular complexity index is 375. The van der Waals surface area contributed by atoms with Crippen molar-refractivity contribution in [2.24, 2.45) is 5.73 Å². The van der Waals surface area contributed by atoms with Gasteiger partial charge >= 0.3 is 0 Å². The number of hydrogen-bond acceptors (Lipinski definition) is 5. The minimum Gasteiger partial charge on any atom is -0.378 e. The average Bonchev–Trinajstić information content (AvgIpc) is 2.86. The minimum absolute atomic E-state index is 0.423. The van der Waals surface area contributed by atoms with Crippen LogP contribution in [-0.4, -0.2) is 42.2 Å². The zero-order chi connectivity index (χ0) is 13.7. The van der Waals surface area contributed by atoms with Gasteiger partial charge in [0.25, 0.3) is 0 Å². The molecule has 1 atom stereocenters. The van der Waals surface area contributed by atoms with Crippen molar-refractivity contribution >= 4 is 11.3 Å². The monoisotopic (exact) mass is 283 g/mol. The lowest BCUT2D eigenvalue weighted by molar-refractivity contribution is -0.00108. The maximum absolute atomic E-state index is 5.84. The molecule has 1 fully saturated rings. The van der Waals surface area contributed by atoms with Gasteiger partial charge < -0.3 is 10.5 Å². The van der Waals surface area contributed by atoms with Gasteiger partial charge in [-0.05, 0) is 39.7 Å². The van der Waals surface area contributed by atoms with Crippen LogP contribution in [0.3, 0.4) is 0 Å². The fourth-order valence-corrected chi connectivity index (χ4v) is 3.22. The minimum atomic E-state index is 0.423. The quantitative estimate of drug-likeness (QED) is 0.814. The molecule has 0 radical (unpaired) electrons. The molecular weight excluding hydrogens is 258 g/mol. The van der Waals surface area contributed by atoms with E-state index in [9.17, 15) is 0 Å². The number of likely N-dealkylation sites (tertiary alicyclic amines) is 1. The zero-order valence-corrected chi connectivity index (χ0v) is 12.8. The summed E-state index contributed by atoms with van der Waals surface area (Å²) in [5, 5.41) is 3.34. The molecule has 0 amide bonds. The fraction of sp³-hybridized carbons (Fsp3) is 0.786. The van der Waals surface area contributed by atoms with E-state index in [-0.39, 0.29) is 0 Å². The smallest absolute Gasteiger partial charge is 0.0898 e. The molecule has 0 spiro atoms. The van der Waals surface area contributed by atoms with Crippen molar-refractivity contribution in [2.75, 3.05) is 26.2 Å². The third-order valence-corrected chi connectivity index (χ3v) is 4.58. The molecule has 4 nitrogen and oxygen atoms in total. The Balaban J connectivity index is 1.76. The van der Waals surface area contributed by atoms with Gasteiger partial charge in [0.2, 0.25) is 0 Å². The van der Waals surface area contributed by atoms with Crippen molar-refractivity contribution in [3.05, 3.63) is 16.1 Å². The highest BCUT2D eigenvalue weighted by Gasteiger charge is 2.24. The van der Waals surface area contributed by atoms with Crippen LogP contribution < -0.4 is 5.73 Å². The molecule has 0 aromatic carbocycles. The van der Waals surface area contributed by atoms with E-state index in [2.05, 4.69) is 29.1 Å². The summed E-state index contributed by atoms with van der Waals surface area (Å²) >= 11 is 1.74. The molecule has 0 bridgehead atoms. The van der Waals surface area contributed by atoms with Gasteiger partial charge in [0.15, 0.2) is 0 Å². The highest BCUT2D eigenvalue weighted by Crippen LogP contribution is 2.26. The Labute approximate surface area is 120 Å². The van der Waals surface area contributed by atoms with E-state index in [1.807, 2.05) is 0 Å². The topological polar surface area (TPSA) is 51.4 Å². The van der Waals surface area contributed by atoms with Crippen LogP contribution in [-0.2, 0) is 4.74 Å². The molecule has 19 heavy (non-hydrogen) atoms. The molecule has 0 aliphatic carbocycles. The van der Waals surface area contributed by atoms with Crippen LogP contribution in [0.25, 0.3) is 0 Å². The molecule has 1 unspecified atom stereocenters. The number of ether oxygens (including phenoxy) is 1. The van der Waals surface area contributed by atoms with Gasteiger partial charge in [0.1, 0.15) is 0 Å². The lowest BCUT2D eigenvalue weighted by atomic mass is 10.0. The molecule has 1 saturated heterocycles. The van der Waals surface area contributed by atoms with Crippen molar-refractivity contribution < 1.29 is 4.74 Å². The SMILES string of the molecule is Cc1nc(C(C)N2CCC(OCCCN)CC2)cs1. The zero-order valence-electron chi connectivity index (χ0n) is 12.0. The van der Waals surface area contributed by atoms with E-state index in [4.69, 9.17) is 10.5 Å². The number of nitrogens with zero attached hydrogens (tertiary/aromatic N) is 2. The number of hydrogen-bond donors (Lipinski definition) is 1. The van der Waals surface area contributed by atoms with Crippen molar-refractivity contribution in [1.82, 2.24) is 9.88 Å². The van der Waals surface area contributed by atoms with E-state index in [0.29, 0.717) is 12.1 Å². The highest BCUT2D eigenvalue weighted by atomic mass is 32.1. The molecule has 2 heterocycles. The van der Waals surface area contributed by atoms with Crippen LogP contribution in [0.2, 0.25) is 0 Å². The van der Waals surface area contributed by atoms with Crippen molar-refractivity contribution in [3.8, 4) is 0 Å². The first-order valence-electron chi connectivity index (χ1n) is 7.18. The second-order valence-electron chi connectivity index (χ2n) is 5.22. The first-order chi connectivity index (χ1) is 9.20. The average molecular weight is 283 g/mol. The van der Waals surface area contributed by atoms with Crippen LogP contribution in [0, 0.1) is 6.92 Å². The molecule has 108 valence electrons. The maximum Gasteiger partial charge on any atom is 0.0898 e. The molecule has 2 N–H and O–H groups in total. The number of piperidine rings is 1. The van der Waals surface area contributed by atoms with Gasteiger partial charge in [-0.15, -0.1) is 11.3 Å². The predicted octanol–water partition coefficient (Wildman–Crippen LogP) is 2.34. The van der Waals surface area contributed by atoms with Gasteiger partial charge in [0, 0.05) is 25.1 Å². The maximum atomic E-state index is 5.84. The van der Waals surface area contributed by atoms with Gasteiger partial charge in [-0.3, -0.25) is 4.90 Å². The van der Waals surface area contributed by atoms with Crippen LogP contribution >= 0.6 is 11.3 Å². The summed E-state index contributed by atoms with van der Waals surface area (Å²) in [5.41, 5.74) is 6.69. The van der Waals surface area contributed by atoms with Gasteiger partial charge in [-0.1, -0.05) is 0 Å². The first kappa shape index (κ1) is 14.9. The molecule has 1 aromatic rings. The number of aromatic nitrogens is 1. The molecule has 1 aliphatic heterocycles. The summed E-state index contributed by atoms with van der Waals surface area (Å²) < 4.78 is 5.84.